The summed E-state index contributed by atoms with van der Waals surface area (Å²) in [6, 6.07) is 11.5. The van der Waals surface area contributed by atoms with Crippen LogP contribution in [0.2, 0.25) is 0 Å². The van der Waals surface area contributed by atoms with Crippen LogP contribution in [0.5, 0.6) is 0 Å². The molecule has 0 bridgehead atoms. The average Bonchev–Trinajstić information content (AvgIpc) is 2.95. The summed E-state index contributed by atoms with van der Waals surface area (Å²) < 4.78 is 1.68. The van der Waals surface area contributed by atoms with Crippen molar-refractivity contribution in [3.8, 4) is 22.3 Å². The van der Waals surface area contributed by atoms with E-state index in [9.17, 15) is 9.59 Å². The van der Waals surface area contributed by atoms with Crippen LogP contribution in [0.3, 0.4) is 0 Å². The molecule has 2 aromatic heterocycles. The SMILES string of the molecule is CCn1cc(-c2cncc(-c3ccc4c(c3)CC(=O)N4C)c2)ccc1=O. The Morgan fingerprint density at radius 3 is 2.46 bits per heavy atom. The predicted octanol–water partition coefficient (Wildman–Crippen LogP) is 3.12. The molecule has 3 heterocycles. The molecule has 0 saturated heterocycles. The van der Waals surface area contributed by atoms with E-state index in [0.717, 1.165) is 33.5 Å². The number of aryl methyl sites for hydroxylation is 1. The van der Waals surface area contributed by atoms with E-state index in [1.807, 2.05) is 37.5 Å². The smallest absolute Gasteiger partial charge is 0.250 e. The Kier molecular flexibility index (Phi) is 3.92. The first-order chi connectivity index (χ1) is 12.6. The molecule has 1 aromatic carbocycles. The zero-order chi connectivity index (χ0) is 18.3. The topological polar surface area (TPSA) is 55.2 Å². The largest absolute Gasteiger partial charge is 0.315 e. The third kappa shape index (κ3) is 2.71. The van der Waals surface area contributed by atoms with Crippen LogP contribution >= 0.6 is 0 Å². The minimum absolute atomic E-state index is 0.00669. The molecule has 4 rings (SSSR count). The average molecular weight is 345 g/mol. The molecule has 0 aliphatic carbocycles. The molecule has 5 heteroatoms. The molecule has 0 radical (unpaired) electrons. The maximum atomic E-state index is 11.9. The number of amides is 1. The zero-order valence-electron chi connectivity index (χ0n) is 14.8. The van der Waals surface area contributed by atoms with Crippen LogP contribution in [-0.4, -0.2) is 22.5 Å². The van der Waals surface area contributed by atoms with Gasteiger partial charge in [0.2, 0.25) is 5.91 Å². The van der Waals surface area contributed by atoms with Gasteiger partial charge in [0.05, 0.1) is 6.42 Å². The quantitative estimate of drug-likeness (QED) is 0.733. The second kappa shape index (κ2) is 6.26. The molecule has 130 valence electrons. The number of hydrogen-bond acceptors (Lipinski definition) is 3. The van der Waals surface area contributed by atoms with E-state index in [2.05, 4.69) is 17.1 Å². The Labute approximate surface area is 151 Å². The molecular weight excluding hydrogens is 326 g/mol. The second-order valence-corrected chi connectivity index (χ2v) is 6.48. The maximum absolute atomic E-state index is 11.9. The lowest BCUT2D eigenvalue weighted by Gasteiger charge is -2.11. The number of anilines is 1. The van der Waals surface area contributed by atoms with E-state index in [-0.39, 0.29) is 11.5 Å². The van der Waals surface area contributed by atoms with Crippen molar-refractivity contribution < 1.29 is 4.79 Å². The van der Waals surface area contributed by atoms with Crippen LogP contribution in [0.1, 0.15) is 12.5 Å². The summed E-state index contributed by atoms with van der Waals surface area (Å²) in [4.78, 5) is 29.8. The van der Waals surface area contributed by atoms with Gasteiger partial charge in [-0.1, -0.05) is 6.07 Å². The third-order valence-corrected chi connectivity index (χ3v) is 4.89. The minimum atomic E-state index is -0.00669. The Morgan fingerprint density at radius 1 is 0.962 bits per heavy atom. The van der Waals surface area contributed by atoms with Crippen molar-refractivity contribution >= 4 is 11.6 Å². The number of benzene rings is 1. The van der Waals surface area contributed by atoms with Gasteiger partial charge in [-0.05, 0) is 47.9 Å². The van der Waals surface area contributed by atoms with Gasteiger partial charge < -0.3 is 9.47 Å². The van der Waals surface area contributed by atoms with E-state index in [1.54, 1.807) is 28.8 Å². The van der Waals surface area contributed by atoms with Crippen molar-refractivity contribution in [1.29, 1.82) is 0 Å². The molecular formula is C21H19N3O2. The number of carbonyl (C=O) groups excluding carboxylic acids is 1. The highest BCUT2D eigenvalue weighted by Gasteiger charge is 2.24. The molecule has 1 amide bonds. The summed E-state index contributed by atoms with van der Waals surface area (Å²) in [7, 11) is 1.80. The first-order valence-electron chi connectivity index (χ1n) is 8.62. The number of fused-ring (bicyclic) bond motifs is 1. The van der Waals surface area contributed by atoms with Gasteiger partial charge in [-0.15, -0.1) is 0 Å². The van der Waals surface area contributed by atoms with Crippen molar-refractivity contribution in [2.45, 2.75) is 19.9 Å². The molecule has 0 N–H and O–H groups in total. The number of aromatic nitrogens is 2. The Balaban J connectivity index is 1.74. The molecule has 0 atom stereocenters. The van der Waals surface area contributed by atoms with Gasteiger partial charge in [-0.3, -0.25) is 14.6 Å². The Morgan fingerprint density at radius 2 is 1.69 bits per heavy atom. The van der Waals surface area contributed by atoms with Crippen molar-refractivity contribution in [1.82, 2.24) is 9.55 Å². The molecule has 0 saturated carbocycles. The van der Waals surface area contributed by atoms with E-state index >= 15 is 0 Å². The molecule has 0 spiro atoms. The molecule has 3 aromatic rings. The summed E-state index contributed by atoms with van der Waals surface area (Å²) in [6.45, 7) is 2.58. The van der Waals surface area contributed by atoms with Crippen molar-refractivity contribution in [2.75, 3.05) is 11.9 Å². The zero-order valence-corrected chi connectivity index (χ0v) is 14.8. The van der Waals surface area contributed by atoms with Gasteiger partial charge in [0, 0.05) is 55.1 Å². The molecule has 26 heavy (non-hydrogen) atoms. The monoisotopic (exact) mass is 345 g/mol. The van der Waals surface area contributed by atoms with E-state index < -0.39 is 0 Å². The van der Waals surface area contributed by atoms with Gasteiger partial charge in [0.25, 0.3) is 5.56 Å². The molecule has 1 aliphatic rings. The highest BCUT2D eigenvalue weighted by Crippen LogP contribution is 2.32. The first kappa shape index (κ1) is 16.3. The number of hydrogen-bond donors (Lipinski definition) is 0. The fourth-order valence-corrected chi connectivity index (χ4v) is 3.35. The summed E-state index contributed by atoms with van der Waals surface area (Å²) in [6.07, 6.45) is 5.92. The van der Waals surface area contributed by atoms with Gasteiger partial charge in [0.15, 0.2) is 0 Å². The van der Waals surface area contributed by atoms with Crippen LogP contribution in [-0.2, 0) is 17.8 Å². The van der Waals surface area contributed by atoms with E-state index in [1.165, 1.54) is 0 Å². The predicted molar refractivity (Wildman–Crippen MR) is 102 cm³/mol. The number of nitrogens with zero attached hydrogens (tertiary/aromatic N) is 3. The maximum Gasteiger partial charge on any atom is 0.250 e. The number of rotatable bonds is 3. The van der Waals surface area contributed by atoms with E-state index in [0.29, 0.717) is 13.0 Å². The molecule has 0 fully saturated rings. The van der Waals surface area contributed by atoms with Crippen LogP contribution in [0.4, 0.5) is 5.69 Å². The molecule has 0 unspecified atom stereocenters. The summed E-state index contributed by atoms with van der Waals surface area (Å²) >= 11 is 0. The fraction of sp³-hybridized carbons (Fsp3) is 0.190. The first-order valence-corrected chi connectivity index (χ1v) is 8.62. The lowest BCUT2D eigenvalue weighted by molar-refractivity contribution is -0.117. The highest BCUT2D eigenvalue weighted by atomic mass is 16.2. The van der Waals surface area contributed by atoms with Gasteiger partial charge in [0.1, 0.15) is 0 Å². The number of carbonyl (C=O) groups is 1. The summed E-state index contributed by atoms with van der Waals surface area (Å²) in [5.74, 6) is 0.117. The summed E-state index contributed by atoms with van der Waals surface area (Å²) in [5, 5.41) is 0. The Hall–Kier alpha value is -3.21. The van der Waals surface area contributed by atoms with Crippen LogP contribution < -0.4 is 10.5 Å². The van der Waals surface area contributed by atoms with Crippen LogP contribution in [0.15, 0.2) is 59.8 Å². The number of pyridine rings is 2. The molecule has 5 nitrogen and oxygen atoms in total. The Bertz CT molecular complexity index is 1070. The van der Waals surface area contributed by atoms with Gasteiger partial charge >= 0.3 is 0 Å². The molecule has 1 aliphatic heterocycles. The highest BCUT2D eigenvalue weighted by molar-refractivity contribution is 6.01. The van der Waals surface area contributed by atoms with Crippen molar-refractivity contribution in [3.05, 3.63) is 70.9 Å². The summed E-state index contributed by atoms with van der Waals surface area (Å²) in [5.41, 5.74) is 5.94. The van der Waals surface area contributed by atoms with Gasteiger partial charge in [-0.25, -0.2) is 0 Å². The van der Waals surface area contributed by atoms with Crippen LogP contribution in [0.25, 0.3) is 22.3 Å². The lowest BCUT2D eigenvalue weighted by Crippen LogP contribution is -2.20. The van der Waals surface area contributed by atoms with E-state index in [4.69, 9.17) is 0 Å². The normalized spacial score (nSPS) is 13.2. The second-order valence-electron chi connectivity index (χ2n) is 6.48. The standard InChI is InChI=1S/C21H19N3O2/c1-3-24-13-15(5-7-20(24)25)18-9-17(11-22-12-18)14-4-6-19-16(8-14)10-21(26)23(19)2/h4-9,11-13H,3,10H2,1-2H3. The van der Waals surface area contributed by atoms with Crippen molar-refractivity contribution in [2.24, 2.45) is 0 Å². The fourth-order valence-electron chi connectivity index (χ4n) is 3.35. The number of likely N-dealkylation sites (N-methyl/N-ethyl adjacent to an activating group) is 1. The van der Waals surface area contributed by atoms with Crippen LogP contribution in [0, 0.1) is 0 Å². The minimum Gasteiger partial charge on any atom is -0.315 e. The lowest BCUT2D eigenvalue weighted by atomic mass is 10.0. The van der Waals surface area contributed by atoms with Crippen molar-refractivity contribution in [3.63, 3.8) is 0 Å². The van der Waals surface area contributed by atoms with Gasteiger partial charge in [-0.2, -0.15) is 0 Å². The third-order valence-electron chi connectivity index (χ3n) is 4.89.